The highest BCUT2D eigenvalue weighted by atomic mass is 15.1. The molecule has 0 amide bonds. The Bertz CT molecular complexity index is 3750. The first-order valence-electron chi connectivity index (χ1n) is 19.2. The molecule has 10 aromatic carbocycles. The Labute approximate surface area is 320 Å². The van der Waals surface area contributed by atoms with E-state index >= 15 is 0 Å². The van der Waals surface area contributed by atoms with Gasteiger partial charge in [-0.1, -0.05) is 127 Å². The predicted molar refractivity (Wildman–Crippen MR) is 235 cm³/mol. The normalized spacial score (nSPS) is 12.3. The van der Waals surface area contributed by atoms with Gasteiger partial charge >= 0.3 is 0 Å². The summed E-state index contributed by atoms with van der Waals surface area (Å²) in [4.78, 5) is 11.1. The van der Waals surface area contributed by atoms with Gasteiger partial charge in [-0.25, -0.2) is 9.97 Å². The molecular weight excluding hydrogens is 681 g/mol. The molecule has 3 heterocycles. The Morgan fingerprint density at radius 2 is 0.875 bits per heavy atom. The summed E-state index contributed by atoms with van der Waals surface area (Å²) in [6.07, 6.45) is 0. The summed E-state index contributed by atoms with van der Waals surface area (Å²) in [5.74, 6) is 0.820. The molecule has 0 N–H and O–H groups in total. The van der Waals surface area contributed by atoms with Crippen molar-refractivity contribution < 1.29 is 0 Å². The fourth-order valence-electron chi connectivity index (χ4n) is 9.64. The number of fused-ring (bicyclic) bond motifs is 7. The third kappa shape index (κ3) is 3.92. The smallest absolute Gasteiger partial charge is 0.165 e. The van der Waals surface area contributed by atoms with Crippen LogP contribution in [-0.4, -0.2) is 19.1 Å². The van der Waals surface area contributed by atoms with Gasteiger partial charge < -0.3 is 4.57 Å². The quantitative estimate of drug-likeness (QED) is 0.171. The predicted octanol–water partition coefficient (Wildman–Crippen LogP) is 13.5. The Morgan fingerprint density at radius 3 is 1.55 bits per heavy atom. The zero-order valence-electron chi connectivity index (χ0n) is 30.1. The molecule has 13 rings (SSSR count). The SMILES string of the molecule is c1ccc(-c2nc3c(ccc4ccccc43)nc2-n2c3cccc4c5cc6ccccc6cc5c5cccc6c5c5c(c43)c2ccc5n6-c2ccccc2)cc1. The van der Waals surface area contributed by atoms with Crippen LogP contribution in [0.25, 0.3) is 120 Å². The van der Waals surface area contributed by atoms with E-state index in [-0.39, 0.29) is 0 Å². The van der Waals surface area contributed by atoms with Gasteiger partial charge in [0, 0.05) is 38.2 Å². The van der Waals surface area contributed by atoms with Crippen molar-refractivity contribution in [2.75, 3.05) is 0 Å². The van der Waals surface area contributed by atoms with Crippen LogP contribution in [0.3, 0.4) is 0 Å². The van der Waals surface area contributed by atoms with Gasteiger partial charge in [0.25, 0.3) is 0 Å². The molecule has 0 unspecified atom stereocenters. The van der Waals surface area contributed by atoms with Gasteiger partial charge in [0.15, 0.2) is 5.82 Å². The Kier molecular flexibility index (Phi) is 5.86. The molecule has 0 fully saturated rings. The van der Waals surface area contributed by atoms with Crippen molar-refractivity contribution in [2.24, 2.45) is 0 Å². The van der Waals surface area contributed by atoms with Gasteiger partial charge in [-0.15, -0.1) is 0 Å². The minimum atomic E-state index is 0.820. The maximum absolute atomic E-state index is 5.59. The lowest BCUT2D eigenvalue weighted by Gasteiger charge is -2.15. The highest BCUT2D eigenvalue weighted by Crippen LogP contribution is 2.48. The van der Waals surface area contributed by atoms with E-state index in [2.05, 4.69) is 191 Å². The number of rotatable bonds is 3. The van der Waals surface area contributed by atoms with Crippen LogP contribution in [0, 0.1) is 0 Å². The van der Waals surface area contributed by atoms with E-state index in [1.807, 2.05) is 0 Å². The molecule has 0 aliphatic heterocycles. The van der Waals surface area contributed by atoms with Gasteiger partial charge in [0.2, 0.25) is 0 Å². The molecule has 4 nitrogen and oxygen atoms in total. The van der Waals surface area contributed by atoms with Crippen LogP contribution in [0.4, 0.5) is 0 Å². The van der Waals surface area contributed by atoms with E-state index in [4.69, 9.17) is 9.97 Å². The summed E-state index contributed by atoms with van der Waals surface area (Å²) >= 11 is 0. The van der Waals surface area contributed by atoms with Crippen LogP contribution in [-0.2, 0) is 0 Å². The van der Waals surface area contributed by atoms with Gasteiger partial charge in [-0.05, 0) is 92.3 Å². The Balaban J connectivity index is 1.30. The molecule has 0 spiro atoms. The van der Waals surface area contributed by atoms with Crippen LogP contribution in [0.1, 0.15) is 0 Å². The van der Waals surface area contributed by atoms with Crippen LogP contribution < -0.4 is 0 Å². The minimum Gasteiger partial charge on any atom is -0.309 e. The van der Waals surface area contributed by atoms with Crippen LogP contribution in [0.5, 0.6) is 0 Å². The number of hydrogen-bond acceptors (Lipinski definition) is 2. The van der Waals surface area contributed by atoms with Crippen LogP contribution >= 0.6 is 0 Å². The van der Waals surface area contributed by atoms with Gasteiger partial charge in [0.1, 0.15) is 5.69 Å². The number of benzene rings is 9. The molecule has 0 radical (unpaired) electrons. The average molecular weight is 711 g/mol. The molecule has 0 aliphatic rings. The largest absolute Gasteiger partial charge is 0.309 e. The lowest BCUT2D eigenvalue weighted by molar-refractivity contribution is 1.08. The summed E-state index contributed by atoms with van der Waals surface area (Å²) in [6, 6.07) is 65.9. The molecule has 4 heteroatoms. The van der Waals surface area contributed by atoms with E-state index in [1.54, 1.807) is 0 Å². The number of para-hydroxylation sites is 1. The summed E-state index contributed by atoms with van der Waals surface area (Å²) in [7, 11) is 0. The maximum Gasteiger partial charge on any atom is 0.165 e. The molecule has 13 aromatic rings. The van der Waals surface area contributed by atoms with Crippen molar-refractivity contribution in [1.29, 1.82) is 0 Å². The van der Waals surface area contributed by atoms with Crippen molar-refractivity contribution in [3.8, 4) is 22.8 Å². The van der Waals surface area contributed by atoms with Crippen LogP contribution in [0.15, 0.2) is 182 Å². The van der Waals surface area contributed by atoms with E-state index in [9.17, 15) is 0 Å². The highest BCUT2D eigenvalue weighted by Gasteiger charge is 2.26. The molecule has 258 valence electrons. The summed E-state index contributed by atoms with van der Waals surface area (Å²) in [5, 5.41) is 14.6. The van der Waals surface area contributed by atoms with Gasteiger partial charge in [-0.2, -0.15) is 0 Å². The molecule has 3 aromatic heterocycles. The zero-order chi connectivity index (χ0) is 36.5. The lowest BCUT2D eigenvalue weighted by atomic mass is 9.93. The topological polar surface area (TPSA) is 35.6 Å². The Morgan fingerprint density at radius 1 is 0.339 bits per heavy atom. The second kappa shape index (κ2) is 11.0. The van der Waals surface area contributed by atoms with Crippen molar-refractivity contribution in [2.45, 2.75) is 0 Å². The van der Waals surface area contributed by atoms with Crippen LogP contribution in [0.2, 0.25) is 0 Å². The van der Waals surface area contributed by atoms with Crippen molar-refractivity contribution in [3.63, 3.8) is 0 Å². The van der Waals surface area contributed by atoms with Crippen molar-refractivity contribution in [3.05, 3.63) is 182 Å². The second-order valence-electron chi connectivity index (χ2n) is 14.9. The number of aromatic nitrogens is 4. The highest BCUT2D eigenvalue weighted by molar-refractivity contribution is 6.39. The number of nitrogens with zero attached hydrogens (tertiary/aromatic N) is 4. The first kappa shape index (κ1) is 29.8. The fourth-order valence-corrected chi connectivity index (χ4v) is 9.64. The summed E-state index contributed by atoms with van der Waals surface area (Å²) in [6.45, 7) is 0. The first-order chi connectivity index (χ1) is 27.8. The maximum atomic E-state index is 5.59. The van der Waals surface area contributed by atoms with E-state index in [0.717, 1.165) is 55.6 Å². The first-order valence-corrected chi connectivity index (χ1v) is 19.2. The molecule has 0 saturated heterocycles. The Hall–Kier alpha value is -7.56. The molecule has 0 bridgehead atoms. The molecular formula is C52H30N4. The van der Waals surface area contributed by atoms with E-state index in [0.29, 0.717) is 0 Å². The number of hydrogen-bond donors (Lipinski definition) is 0. The molecule has 56 heavy (non-hydrogen) atoms. The molecule has 0 aliphatic carbocycles. The van der Waals surface area contributed by atoms with Gasteiger partial charge in [-0.3, -0.25) is 4.57 Å². The van der Waals surface area contributed by atoms with E-state index < -0.39 is 0 Å². The third-order valence-corrected chi connectivity index (χ3v) is 12.0. The molecule has 0 atom stereocenters. The van der Waals surface area contributed by atoms with Gasteiger partial charge in [0.05, 0.1) is 33.1 Å². The second-order valence-corrected chi connectivity index (χ2v) is 14.9. The third-order valence-electron chi connectivity index (χ3n) is 12.0. The fraction of sp³-hybridized carbons (Fsp3) is 0. The lowest BCUT2D eigenvalue weighted by Crippen LogP contribution is -2.04. The molecule has 0 saturated carbocycles. The summed E-state index contributed by atoms with van der Waals surface area (Å²) in [5.41, 5.74) is 9.40. The summed E-state index contributed by atoms with van der Waals surface area (Å²) < 4.78 is 4.83. The minimum absolute atomic E-state index is 0.820. The van der Waals surface area contributed by atoms with Crippen molar-refractivity contribution >= 4 is 97.7 Å². The van der Waals surface area contributed by atoms with Crippen molar-refractivity contribution in [1.82, 2.24) is 19.1 Å². The monoisotopic (exact) mass is 710 g/mol. The standard InChI is InChI=1S/C52H30N4/c1-3-14-32(15-4-1)50-52(53-41-26-25-31-13-9-10-20-36(31)51(41)54-50)56-43-24-12-22-38-40-30-34-17-8-7-16-33(34)29-39(40)37-21-11-23-42-46(37)48-44(27-28-45(56)49(48)47(38)43)55(42)35-18-5-2-6-19-35/h1-30H. The average Bonchev–Trinajstić information content (AvgIpc) is 3.79. The zero-order valence-corrected chi connectivity index (χ0v) is 30.1. The van der Waals surface area contributed by atoms with E-state index in [1.165, 1.54) is 64.9 Å².